The molecule has 0 spiro atoms. The van der Waals surface area contributed by atoms with Crippen LogP contribution in [0.1, 0.15) is 17.3 Å². The summed E-state index contributed by atoms with van der Waals surface area (Å²) in [6.07, 6.45) is -2.26. The number of nitrogens with zero attached hydrogens (tertiary/aromatic N) is 2. The summed E-state index contributed by atoms with van der Waals surface area (Å²) in [6, 6.07) is 5.18. The highest BCUT2D eigenvalue weighted by molar-refractivity contribution is 8.00. The summed E-state index contributed by atoms with van der Waals surface area (Å²) in [7, 11) is 2.92. The molecule has 0 aliphatic carbocycles. The van der Waals surface area contributed by atoms with E-state index < -0.39 is 17.9 Å². The Bertz CT molecular complexity index is 772. The van der Waals surface area contributed by atoms with E-state index in [9.17, 15) is 18.0 Å². The molecular formula is C18H19F3N2O2S. The van der Waals surface area contributed by atoms with Crippen molar-refractivity contribution in [2.24, 2.45) is 4.99 Å². The largest absolute Gasteiger partial charge is 0.462 e. The molecule has 1 aromatic carbocycles. The predicted octanol–water partition coefficient (Wildman–Crippen LogP) is 4.48. The van der Waals surface area contributed by atoms with Crippen molar-refractivity contribution in [3.63, 3.8) is 0 Å². The van der Waals surface area contributed by atoms with E-state index in [4.69, 9.17) is 4.74 Å². The molecule has 1 atom stereocenters. The Hall–Kier alpha value is -2.22. The van der Waals surface area contributed by atoms with Crippen molar-refractivity contribution in [1.82, 2.24) is 0 Å². The topological polar surface area (TPSA) is 41.9 Å². The second-order valence-electron chi connectivity index (χ2n) is 5.50. The number of fused-ring (bicyclic) bond motifs is 1. The minimum atomic E-state index is -4.50. The monoisotopic (exact) mass is 384 g/mol. The third kappa shape index (κ3) is 4.30. The van der Waals surface area contributed by atoms with Gasteiger partial charge in [0.2, 0.25) is 0 Å². The smallest absolute Gasteiger partial charge is 0.432 e. The van der Waals surface area contributed by atoms with Crippen molar-refractivity contribution in [3.05, 3.63) is 48.1 Å². The van der Waals surface area contributed by atoms with Gasteiger partial charge in [-0.15, -0.1) is 0 Å². The van der Waals surface area contributed by atoms with Gasteiger partial charge in [-0.05, 0) is 36.8 Å². The van der Waals surface area contributed by atoms with Crippen molar-refractivity contribution in [2.45, 2.75) is 23.4 Å². The predicted molar refractivity (Wildman–Crippen MR) is 98.1 cm³/mol. The number of halogens is 3. The van der Waals surface area contributed by atoms with Crippen LogP contribution in [0.25, 0.3) is 0 Å². The maximum absolute atomic E-state index is 12.8. The van der Waals surface area contributed by atoms with Gasteiger partial charge in [-0.25, -0.2) is 4.79 Å². The molecular weight excluding hydrogens is 365 g/mol. The van der Waals surface area contributed by atoms with E-state index in [2.05, 4.69) is 11.6 Å². The van der Waals surface area contributed by atoms with Crippen LogP contribution in [0.5, 0.6) is 0 Å². The number of anilines is 1. The van der Waals surface area contributed by atoms with Gasteiger partial charge in [0.15, 0.2) is 0 Å². The van der Waals surface area contributed by atoms with E-state index in [1.165, 1.54) is 17.8 Å². The summed E-state index contributed by atoms with van der Waals surface area (Å²) in [5.74, 6) is -0.408. The van der Waals surface area contributed by atoms with Crippen molar-refractivity contribution < 1.29 is 22.7 Å². The summed E-state index contributed by atoms with van der Waals surface area (Å²) in [6.45, 7) is 5.90. The Morgan fingerprint density at radius 2 is 2.12 bits per heavy atom. The lowest BCUT2D eigenvalue weighted by Gasteiger charge is -2.22. The summed E-state index contributed by atoms with van der Waals surface area (Å²) in [5.41, 5.74) is 0.844. The normalized spacial score (nSPS) is 17.5. The Labute approximate surface area is 154 Å². The summed E-state index contributed by atoms with van der Waals surface area (Å²) < 4.78 is 43.2. The van der Waals surface area contributed by atoms with Gasteiger partial charge < -0.3 is 9.64 Å². The van der Waals surface area contributed by atoms with Crippen molar-refractivity contribution in [1.29, 1.82) is 0 Å². The Kier molecular flexibility index (Phi) is 6.17. The van der Waals surface area contributed by atoms with Gasteiger partial charge in [0.1, 0.15) is 11.1 Å². The minimum Gasteiger partial charge on any atom is -0.462 e. The number of hydrogen-bond donors (Lipinski definition) is 0. The number of benzene rings is 1. The number of allylic oxidation sites excluding steroid dienone is 1. The van der Waals surface area contributed by atoms with Crippen LogP contribution in [0, 0.1) is 0 Å². The van der Waals surface area contributed by atoms with Gasteiger partial charge in [-0.2, -0.15) is 13.2 Å². The molecule has 0 aromatic heterocycles. The Balaban J connectivity index is 2.17. The van der Waals surface area contributed by atoms with Crippen molar-refractivity contribution >= 4 is 29.1 Å². The van der Waals surface area contributed by atoms with E-state index in [1.54, 1.807) is 25.1 Å². The number of alkyl halides is 3. The van der Waals surface area contributed by atoms with Crippen LogP contribution < -0.4 is 4.90 Å². The zero-order chi connectivity index (χ0) is 19.5. The van der Waals surface area contributed by atoms with E-state index in [1.807, 2.05) is 11.9 Å². The Morgan fingerprint density at radius 3 is 2.69 bits per heavy atom. The number of rotatable bonds is 5. The summed E-state index contributed by atoms with van der Waals surface area (Å²) >= 11 is 1.42. The fraction of sp³-hybridized carbons (Fsp3) is 0.333. The molecule has 26 heavy (non-hydrogen) atoms. The van der Waals surface area contributed by atoms with Gasteiger partial charge in [0, 0.05) is 19.0 Å². The highest BCUT2D eigenvalue weighted by Crippen LogP contribution is 2.45. The zero-order valence-corrected chi connectivity index (χ0v) is 15.4. The molecule has 4 nitrogen and oxygen atoms in total. The van der Waals surface area contributed by atoms with E-state index in [0.717, 1.165) is 23.7 Å². The molecule has 0 saturated heterocycles. The van der Waals surface area contributed by atoms with Crippen molar-refractivity contribution in [3.8, 4) is 0 Å². The molecule has 0 radical (unpaired) electrons. The van der Waals surface area contributed by atoms with Crippen molar-refractivity contribution in [2.75, 3.05) is 25.6 Å². The number of carbonyl (C=O) groups excluding carboxylic acids is 1. The minimum absolute atomic E-state index is 0.273. The van der Waals surface area contributed by atoms with Gasteiger partial charge in [-0.1, -0.05) is 24.4 Å². The first kappa shape index (κ1) is 20.1. The lowest BCUT2D eigenvalue weighted by molar-refractivity contribution is -0.0577. The molecule has 8 heteroatoms. The molecule has 1 heterocycles. The Morgan fingerprint density at radius 1 is 1.42 bits per heavy atom. The summed E-state index contributed by atoms with van der Waals surface area (Å²) in [5, 5.41) is -0.273. The number of aliphatic imine (C=N–C) groups is 1. The molecule has 0 fully saturated rings. The molecule has 1 aromatic rings. The first-order valence-corrected chi connectivity index (χ1v) is 8.68. The van der Waals surface area contributed by atoms with Crippen LogP contribution in [-0.2, 0) is 4.74 Å². The van der Waals surface area contributed by atoms with Gasteiger partial charge in [0.25, 0.3) is 0 Å². The number of hydrogen-bond acceptors (Lipinski definition) is 5. The van der Waals surface area contributed by atoms with Gasteiger partial charge >= 0.3 is 12.1 Å². The average Bonchev–Trinajstić information content (AvgIpc) is 2.90. The molecule has 1 aliphatic rings. The first-order valence-electron chi connectivity index (χ1n) is 7.80. The van der Waals surface area contributed by atoms with E-state index in [-0.39, 0.29) is 12.0 Å². The van der Waals surface area contributed by atoms with Crippen LogP contribution in [-0.4, -0.2) is 43.9 Å². The molecule has 0 N–H and O–H groups in total. The van der Waals surface area contributed by atoms with E-state index in [0.29, 0.717) is 11.1 Å². The van der Waals surface area contributed by atoms with E-state index >= 15 is 0 Å². The molecule has 0 bridgehead atoms. The molecule has 0 amide bonds. The fourth-order valence-electron chi connectivity index (χ4n) is 2.46. The number of esters is 1. The second-order valence-corrected chi connectivity index (χ2v) is 6.62. The second kappa shape index (κ2) is 7.99. The highest BCUT2D eigenvalue weighted by atomic mass is 32.2. The van der Waals surface area contributed by atoms with Crippen LogP contribution in [0.2, 0.25) is 0 Å². The molecule has 1 unspecified atom stereocenters. The van der Waals surface area contributed by atoms with Crippen LogP contribution in [0.15, 0.2) is 52.4 Å². The number of thioether (sulfide) groups is 1. The quantitative estimate of drug-likeness (QED) is 0.427. The first-order chi connectivity index (χ1) is 12.2. The lowest BCUT2D eigenvalue weighted by atomic mass is 10.1. The molecule has 140 valence electrons. The third-order valence-electron chi connectivity index (χ3n) is 3.75. The number of likely N-dealkylation sites (N-methyl/N-ethyl adjacent to an activating group) is 1. The lowest BCUT2D eigenvalue weighted by Crippen LogP contribution is -2.26. The van der Waals surface area contributed by atoms with Gasteiger partial charge in [-0.3, -0.25) is 4.99 Å². The average molecular weight is 384 g/mol. The van der Waals surface area contributed by atoms with Crippen LogP contribution >= 0.6 is 11.8 Å². The summed E-state index contributed by atoms with van der Waals surface area (Å²) in [4.78, 5) is 17.9. The number of carbonyl (C=O) groups is 1. The zero-order valence-electron chi connectivity index (χ0n) is 14.6. The van der Waals surface area contributed by atoms with Crippen LogP contribution in [0.3, 0.4) is 0 Å². The van der Waals surface area contributed by atoms with Gasteiger partial charge in [0.05, 0.1) is 17.9 Å². The molecule has 1 aliphatic heterocycles. The molecule has 0 saturated carbocycles. The SMILES string of the molecule is C=C(/C=C\C(=N/C)C(F)(F)F)C1Sc2cc(C(=O)OCC)ccc2N1C. The maximum atomic E-state index is 12.8. The maximum Gasteiger partial charge on any atom is 0.432 e. The third-order valence-corrected chi connectivity index (χ3v) is 5.17. The molecule has 2 rings (SSSR count). The number of ether oxygens (including phenoxy) is 1. The fourth-order valence-corrected chi connectivity index (χ4v) is 3.73. The standard InChI is InChI=1S/C18H19F3N2O2S/c1-5-25-17(24)12-7-8-13-14(10-12)26-16(23(13)4)11(2)6-9-15(22-3)18(19,20)21/h6-10,16H,2,5H2,1,3-4H3/b9-6-,22-15+. The van der Waals surface area contributed by atoms with Crippen LogP contribution in [0.4, 0.5) is 18.9 Å². The highest BCUT2D eigenvalue weighted by Gasteiger charge is 2.34.